The van der Waals surface area contributed by atoms with Crippen molar-refractivity contribution in [2.24, 2.45) is 0 Å². The fourth-order valence-electron chi connectivity index (χ4n) is 10.8. The number of para-hydroxylation sites is 4. The molecule has 0 unspecified atom stereocenters. The molecule has 0 fully saturated rings. The minimum Gasteiger partial charge on any atom is -0.507 e. The predicted molar refractivity (Wildman–Crippen MR) is 257 cm³/mol. The smallest absolute Gasteiger partial charge is 0.266 e. The average Bonchev–Trinajstić information content (AvgIpc) is 3.71. The molecule has 0 atom stereocenters. The number of carbonyl (C=O) groups excluding carboxylic acids is 4. The number of anilines is 2. The molecule has 4 amide bonds. The van der Waals surface area contributed by atoms with Crippen molar-refractivity contribution >= 4 is 89.1 Å². The highest BCUT2D eigenvalue weighted by molar-refractivity contribution is 6.47. The molecule has 8 aromatic carbocycles. The molecule has 65 heavy (non-hydrogen) atoms. The summed E-state index contributed by atoms with van der Waals surface area (Å²) in [5.74, 6) is -2.86. The van der Waals surface area contributed by atoms with Crippen LogP contribution in [0.15, 0.2) is 97.3 Å². The van der Waals surface area contributed by atoms with E-state index in [4.69, 9.17) is 4.98 Å². The highest BCUT2D eigenvalue weighted by Crippen LogP contribution is 2.54. The first-order valence-electron chi connectivity index (χ1n) is 22.3. The molecule has 3 heterocycles. The van der Waals surface area contributed by atoms with Crippen molar-refractivity contribution < 1.29 is 29.4 Å². The quantitative estimate of drug-likeness (QED) is 0.0926. The number of phenols is 2. The number of hydrogen-bond donors (Lipinski definition) is 2. The number of imide groups is 2. The van der Waals surface area contributed by atoms with Gasteiger partial charge in [-0.15, -0.1) is 0 Å². The molecule has 0 saturated carbocycles. The van der Waals surface area contributed by atoms with E-state index in [-0.39, 0.29) is 68.2 Å². The molecule has 0 saturated heterocycles. The van der Waals surface area contributed by atoms with Gasteiger partial charge in [-0.2, -0.15) is 0 Å². The van der Waals surface area contributed by atoms with Gasteiger partial charge in [0.15, 0.2) is 0 Å². The second kappa shape index (κ2) is 14.0. The van der Waals surface area contributed by atoms with E-state index in [0.717, 1.165) is 27.8 Å². The lowest BCUT2D eigenvalue weighted by Crippen LogP contribution is -2.42. The van der Waals surface area contributed by atoms with Crippen LogP contribution in [0.5, 0.6) is 11.5 Å². The van der Waals surface area contributed by atoms with E-state index in [9.17, 15) is 10.2 Å². The fraction of sp³-hybridized carbons (Fsp3) is 0.218. The second-order valence-corrected chi connectivity index (χ2v) is 18.8. The maximum Gasteiger partial charge on any atom is 0.266 e. The molecule has 0 spiro atoms. The SMILES string of the molecule is CC(C)c1cccc(C(C)C)c1N1C(=O)c2ccc3c4c(-n5cnc6ccccc65)cc5c6c(cc(O)c(c7c(O)cc(c2c37)C1=O)c64)C(=O)N(c1c(C(C)C)cccc1C(C)C)C5=O. The highest BCUT2D eigenvalue weighted by atomic mass is 16.3. The Balaban J connectivity index is 1.28. The number of aromatic nitrogens is 2. The molecule has 10 heteroatoms. The number of rotatable bonds is 7. The molecule has 322 valence electrons. The summed E-state index contributed by atoms with van der Waals surface area (Å²) in [5.41, 5.74) is 7.19. The second-order valence-electron chi connectivity index (χ2n) is 18.8. The predicted octanol–water partition coefficient (Wildman–Crippen LogP) is 12.6. The van der Waals surface area contributed by atoms with E-state index >= 15 is 19.2 Å². The van der Waals surface area contributed by atoms with Crippen molar-refractivity contribution in [1.82, 2.24) is 9.55 Å². The lowest BCUT2D eigenvalue weighted by molar-refractivity contribution is 0.0877. The Hall–Kier alpha value is -7.59. The molecule has 0 bridgehead atoms. The Labute approximate surface area is 374 Å². The summed E-state index contributed by atoms with van der Waals surface area (Å²) in [5, 5.41) is 27.8. The van der Waals surface area contributed by atoms with Crippen molar-refractivity contribution in [3.05, 3.63) is 142 Å². The third-order valence-corrected chi connectivity index (χ3v) is 13.7. The Morgan fingerprint density at radius 1 is 0.446 bits per heavy atom. The first-order chi connectivity index (χ1) is 31.1. The standard InChI is InChI=1S/C55H46N4O6/c1-25(2)29-13-11-14-30(26(3)4)50(29)58-52(62)34-20-19-33-45-40(57-24-56-38-17-9-10-18-39(38)57)21-35-44-37(55(65)59(53(35)63)51-31(27(5)6)15-12-16-32(51)28(7)8)23-42(61)48(49(44)45)47-41(60)22-36(54(58)64)43(34)46(33)47/h9-28,60-61H,1-8H3. The van der Waals surface area contributed by atoms with Crippen LogP contribution in [0, 0.1) is 0 Å². The van der Waals surface area contributed by atoms with E-state index in [1.54, 1.807) is 18.5 Å². The van der Waals surface area contributed by atoms with Crippen LogP contribution in [-0.4, -0.2) is 43.4 Å². The van der Waals surface area contributed by atoms with Crippen molar-refractivity contribution in [2.75, 3.05) is 9.80 Å². The van der Waals surface area contributed by atoms with Gasteiger partial charge in [0.1, 0.15) is 17.8 Å². The van der Waals surface area contributed by atoms with Gasteiger partial charge in [-0.05, 0) is 87.7 Å². The summed E-state index contributed by atoms with van der Waals surface area (Å²) in [7, 11) is 0. The number of amides is 4. The number of carbonyl (C=O) groups is 4. The number of imidazole rings is 1. The van der Waals surface area contributed by atoms with Crippen LogP contribution < -0.4 is 9.80 Å². The minimum atomic E-state index is -0.579. The first kappa shape index (κ1) is 40.2. The summed E-state index contributed by atoms with van der Waals surface area (Å²) in [4.78, 5) is 68.0. The zero-order chi connectivity index (χ0) is 45.7. The van der Waals surface area contributed by atoms with Crippen molar-refractivity contribution in [3.8, 4) is 17.2 Å². The molecular formula is C55H46N4O6. The first-order valence-corrected chi connectivity index (χ1v) is 22.3. The molecule has 0 radical (unpaired) electrons. The number of phenolic OH excluding ortho intramolecular Hbond substituents is 2. The molecule has 11 rings (SSSR count). The Bertz CT molecular complexity index is 3580. The van der Waals surface area contributed by atoms with E-state index in [1.807, 2.05) is 127 Å². The number of benzene rings is 8. The van der Waals surface area contributed by atoms with Gasteiger partial charge in [0.05, 0.1) is 44.8 Å². The summed E-state index contributed by atoms with van der Waals surface area (Å²) >= 11 is 0. The van der Waals surface area contributed by atoms with Crippen LogP contribution in [0.4, 0.5) is 11.4 Å². The van der Waals surface area contributed by atoms with E-state index in [0.29, 0.717) is 54.9 Å². The zero-order valence-electron chi connectivity index (χ0n) is 37.4. The van der Waals surface area contributed by atoms with Crippen molar-refractivity contribution in [2.45, 2.75) is 79.1 Å². The lowest BCUT2D eigenvalue weighted by Gasteiger charge is -2.34. The summed E-state index contributed by atoms with van der Waals surface area (Å²) < 4.78 is 1.89. The van der Waals surface area contributed by atoms with Gasteiger partial charge in [-0.25, -0.2) is 14.8 Å². The lowest BCUT2D eigenvalue weighted by atomic mass is 9.80. The number of fused-ring (bicyclic) bond motifs is 3. The van der Waals surface area contributed by atoms with Crippen molar-refractivity contribution in [3.63, 3.8) is 0 Å². The van der Waals surface area contributed by atoms with Crippen LogP contribution >= 0.6 is 0 Å². The van der Waals surface area contributed by atoms with E-state index in [1.165, 1.54) is 21.9 Å². The molecule has 9 aromatic rings. The van der Waals surface area contributed by atoms with E-state index in [2.05, 4.69) is 0 Å². The third-order valence-electron chi connectivity index (χ3n) is 13.7. The van der Waals surface area contributed by atoms with E-state index < -0.39 is 23.6 Å². The normalized spacial score (nSPS) is 14.3. The van der Waals surface area contributed by atoms with Gasteiger partial charge in [0.2, 0.25) is 0 Å². The molecular weight excluding hydrogens is 813 g/mol. The van der Waals surface area contributed by atoms with Gasteiger partial charge >= 0.3 is 0 Å². The van der Waals surface area contributed by atoms with Crippen LogP contribution in [0.2, 0.25) is 0 Å². The van der Waals surface area contributed by atoms with Crippen LogP contribution in [-0.2, 0) is 0 Å². The largest absolute Gasteiger partial charge is 0.507 e. The molecule has 2 aliphatic heterocycles. The average molecular weight is 859 g/mol. The Morgan fingerprint density at radius 3 is 1.40 bits per heavy atom. The molecule has 2 N–H and O–H groups in total. The topological polar surface area (TPSA) is 133 Å². The maximum absolute atomic E-state index is 15.4. The molecule has 1 aromatic heterocycles. The fourth-order valence-corrected chi connectivity index (χ4v) is 10.8. The molecule has 2 aliphatic rings. The van der Waals surface area contributed by atoms with Crippen molar-refractivity contribution in [1.29, 1.82) is 0 Å². The van der Waals surface area contributed by atoms with Crippen LogP contribution in [0.1, 0.15) is 143 Å². The maximum atomic E-state index is 15.4. The number of nitrogens with zero attached hydrogens (tertiary/aromatic N) is 4. The molecule has 10 nitrogen and oxygen atoms in total. The third kappa shape index (κ3) is 5.31. The Kier molecular flexibility index (Phi) is 8.63. The van der Waals surface area contributed by atoms with Gasteiger partial charge in [0, 0.05) is 43.3 Å². The van der Waals surface area contributed by atoms with Gasteiger partial charge in [0.25, 0.3) is 23.6 Å². The van der Waals surface area contributed by atoms with Gasteiger partial charge in [-0.1, -0.05) is 110 Å². The van der Waals surface area contributed by atoms with Crippen LogP contribution in [0.25, 0.3) is 59.8 Å². The van der Waals surface area contributed by atoms with Crippen LogP contribution in [0.3, 0.4) is 0 Å². The highest BCUT2D eigenvalue weighted by Gasteiger charge is 2.42. The zero-order valence-corrected chi connectivity index (χ0v) is 37.4. The number of aromatic hydroxyl groups is 2. The monoisotopic (exact) mass is 858 g/mol. The summed E-state index contributed by atoms with van der Waals surface area (Å²) in [6.45, 7) is 16.2. The van der Waals surface area contributed by atoms with Gasteiger partial charge in [-0.3, -0.25) is 23.7 Å². The van der Waals surface area contributed by atoms with Gasteiger partial charge < -0.3 is 10.2 Å². The summed E-state index contributed by atoms with van der Waals surface area (Å²) in [6, 6.07) is 27.4. The Morgan fingerprint density at radius 2 is 0.892 bits per heavy atom. The minimum absolute atomic E-state index is 0.0122. The number of hydrogen-bond acceptors (Lipinski definition) is 7. The molecule has 0 aliphatic carbocycles. The summed E-state index contributed by atoms with van der Waals surface area (Å²) in [6.07, 6.45) is 1.68.